The summed E-state index contributed by atoms with van der Waals surface area (Å²) in [5, 5.41) is 4.68. The predicted molar refractivity (Wildman–Crippen MR) is 218 cm³/mol. The second-order valence-corrected chi connectivity index (χ2v) is 13.8. The molecule has 3 heterocycles. The molecule has 1 unspecified atom stereocenters. The molecule has 0 spiro atoms. The van der Waals surface area contributed by atoms with Crippen LogP contribution in [0.2, 0.25) is 0 Å². The van der Waals surface area contributed by atoms with Crippen LogP contribution in [0.1, 0.15) is 22.9 Å². The number of hydrogen-bond donors (Lipinski definition) is 0. The van der Waals surface area contributed by atoms with Crippen LogP contribution in [-0.4, -0.2) is 19.4 Å². The number of rotatable bonds is 5. The van der Waals surface area contributed by atoms with Gasteiger partial charge in [-0.1, -0.05) is 133 Å². The van der Waals surface area contributed by atoms with Gasteiger partial charge in [0.25, 0.3) is 0 Å². The minimum absolute atomic E-state index is 0.226. The standard InChI is InChI=1S/C45H29IN4O/c46-50-44(30-15-5-2-6-16-30)47-43(29-13-3-1-4-14-29)48-45(50)32-17-11-18-33(27-32)49-38-22-9-7-19-35(38)36-26-25-31(28-39(36)49)34-21-12-24-41-42(34)37-20-8-10-23-40(37)51-41/h1-28,44H. The van der Waals surface area contributed by atoms with Gasteiger partial charge in [-0.05, 0) is 53.1 Å². The molecule has 10 rings (SSSR count). The molecule has 1 atom stereocenters. The second-order valence-electron chi connectivity index (χ2n) is 12.8. The van der Waals surface area contributed by atoms with E-state index in [1.54, 1.807) is 0 Å². The molecule has 242 valence electrons. The second kappa shape index (κ2) is 12.1. The van der Waals surface area contributed by atoms with Crippen LogP contribution >= 0.6 is 22.9 Å². The summed E-state index contributed by atoms with van der Waals surface area (Å²) in [5.74, 6) is 1.58. The van der Waals surface area contributed by atoms with Gasteiger partial charge in [-0.25, -0.2) is 9.98 Å². The Kier molecular flexibility index (Phi) is 7.09. The zero-order valence-corrected chi connectivity index (χ0v) is 29.5. The molecule has 0 fully saturated rings. The van der Waals surface area contributed by atoms with Crippen LogP contribution in [0.3, 0.4) is 0 Å². The summed E-state index contributed by atoms with van der Waals surface area (Å²) in [6.07, 6.45) is -0.226. The number of benzene rings is 7. The summed E-state index contributed by atoms with van der Waals surface area (Å²) in [6, 6.07) is 59.5. The highest BCUT2D eigenvalue weighted by Crippen LogP contribution is 2.40. The smallest absolute Gasteiger partial charge is 0.159 e. The van der Waals surface area contributed by atoms with E-state index in [0.29, 0.717) is 0 Å². The SMILES string of the molecule is IN1C(c2cccc(-n3c4ccccc4c4ccc(-c5cccc6oc7ccccc7c56)cc43)c2)=NC(c2ccccc2)=NC1c1ccccc1. The van der Waals surface area contributed by atoms with E-state index in [-0.39, 0.29) is 6.17 Å². The van der Waals surface area contributed by atoms with E-state index in [2.05, 4.69) is 164 Å². The maximum absolute atomic E-state index is 6.26. The quantitative estimate of drug-likeness (QED) is 0.129. The van der Waals surface area contributed by atoms with E-state index in [1.807, 2.05) is 36.4 Å². The summed E-state index contributed by atoms with van der Waals surface area (Å²) < 4.78 is 10.8. The molecule has 0 radical (unpaired) electrons. The molecule has 51 heavy (non-hydrogen) atoms. The molecule has 5 nitrogen and oxygen atoms in total. The molecule has 6 heteroatoms. The first-order valence-corrected chi connectivity index (χ1v) is 17.9. The molecular formula is C45H29IN4O. The first-order chi connectivity index (χ1) is 25.2. The van der Waals surface area contributed by atoms with Gasteiger partial charge >= 0.3 is 0 Å². The molecule has 0 amide bonds. The fourth-order valence-corrected chi connectivity index (χ4v) is 8.25. The maximum atomic E-state index is 6.26. The van der Waals surface area contributed by atoms with Crippen molar-refractivity contribution in [2.75, 3.05) is 0 Å². The van der Waals surface area contributed by atoms with Crippen LogP contribution < -0.4 is 0 Å². The fourth-order valence-electron chi connectivity index (χ4n) is 7.42. The van der Waals surface area contributed by atoms with Gasteiger partial charge in [0, 0.05) is 38.4 Å². The number of aliphatic imine (C=N–C) groups is 2. The van der Waals surface area contributed by atoms with Crippen molar-refractivity contribution in [2.45, 2.75) is 6.17 Å². The molecule has 0 saturated carbocycles. The van der Waals surface area contributed by atoms with Crippen molar-refractivity contribution in [3.05, 3.63) is 187 Å². The molecular weight excluding hydrogens is 739 g/mol. The Labute approximate surface area is 308 Å². The lowest BCUT2D eigenvalue weighted by Gasteiger charge is -2.30. The largest absolute Gasteiger partial charge is 0.456 e. The van der Waals surface area contributed by atoms with Crippen LogP contribution in [0.5, 0.6) is 0 Å². The van der Waals surface area contributed by atoms with Gasteiger partial charge in [-0.2, -0.15) is 0 Å². The van der Waals surface area contributed by atoms with Crippen LogP contribution in [0.25, 0.3) is 60.6 Å². The third kappa shape index (κ3) is 4.97. The molecule has 0 aliphatic carbocycles. The van der Waals surface area contributed by atoms with Crippen molar-refractivity contribution in [1.82, 2.24) is 7.68 Å². The van der Waals surface area contributed by atoms with E-state index in [9.17, 15) is 0 Å². The lowest BCUT2D eigenvalue weighted by Crippen LogP contribution is -2.31. The van der Waals surface area contributed by atoms with Gasteiger partial charge in [0.1, 0.15) is 17.0 Å². The van der Waals surface area contributed by atoms with Crippen LogP contribution in [0, 0.1) is 0 Å². The topological polar surface area (TPSA) is 46.0 Å². The highest BCUT2D eigenvalue weighted by Gasteiger charge is 2.28. The number of amidine groups is 2. The Morgan fingerprint density at radius 1 is 0.529 bits per heavy atom. The molecule has 0 N–H and O–H groups in total. The Balaban J connectivity index is 1.15. The maximum Gasteiger partial charge on any atom is 0.159 e. The number of para-hydroxylation sites is 2. The molecule has 0 saturated heterocycles. The van der Waals surface area contributed by atoms with Crippen molar-refractivity contribution in [3.63, 3.8) is 0 Å². The van der Waals surface area contributed by atoms with E-state index >= 15 is 0 Å². The number of nitrogens with zero attached hydrogens (tertiary/aromatic N) is 4. The number of aromatic nitrogens is 1. The first-order valence-electron chi connectivity index (χ1n) is 17.0. The Bertz CT molecular complexity index is 2830. The summed E-state index contributed by atoms with van der Waals surface area (Å²) in [7, 11) is 0. The van der Waals surface area contributed by atoms with Gasteiger partial charge in [0.05, 0.1) is 33.9 Å². The number of furan rings is 1. The summed E-state index contributed by atoms with van der Waals surface area (Å²) in [5.41, 5.74) is 10.6. The number of hydrogen-bond acceptors (Lipinski definition) is 4. The van der Waals surface area contributed by atoms with Crippen molar-refractivity contribution in [1.29, 1.82) is 0 Å². The third-order valence-electron chi connectivity index (χ3n) is 9.75. The average Bonchev–Trinajstić information content (AvgIpc) is 3.74. The Morgan fingerprint density at radius 2 is 1.22 bits per heavy atom. The fraction of sp³-hybridized carbons (Fsp3) is 0.0222. The predicted octanol–water partition coefficient (Wildman–Crippen LogP) is 11.9. The van der Waals surface area contributed by atoms with Crippen molar-refractivity contribution in [3.8, 4) is 16.8 Å². The highest BCUT2D eigenvalue weighted by atomic mass is 127. The molecule has 1 aliphatic rings. The van der Waals surface area contributed by atoms with E-state index in [4.69, 9.17) is 14.4 Å². The van der Waals surface area contributed by atoms with E-state index in [1.165, 1.54) is 10.8 Å². The van der Waals surface area contributed by atoms with E-state index < -0.39 is 0 Å². The van der Waals surface area contributed by atoms with Crippen LogP contribution in [0.15, 0.2) is 184 Å². The van der Waals surface area contributed by atoms with Gasteiger partial charge in [0.2, 0.25) is 0 Å². The number of fused-ring (bicyclic) bond motifs is 6. The minimum Gasteiger partial charge on any atom is -0.456 e. The normalized spacial score (nSPS) is 14.8. The van der Waals surface area contributed by atoms with Gasteiger partial charge in [-0.15, -0.1) is 0 Å². The molecule has 0 bridgehead atoms. The monoisotopic (exact) mass is 768 g/mol. The summed E-state index contributed by atoms with van der Waals surface area (Å²) in [6.45, 7) is 0. The van der Waals surface area contributed by atoms with Crippen molar-refractivity contribution in [2.24, 2.45) is 9.98 Å². The van der Waals surface area contributed by atoms with Crippen LogP contribution in [0.4, 0.5) is 0 Å². The number of halogens is 1. The minimum atomic E-state index is -0.226. The first kappa shape index (κ1) is 29.9. The highest BCUT2D eigenvalue weighted by molar-refractivity contribution is 14.1. The molecule has 9 aromatic rings. The zero-order valence-electron chi connectivity index (χ0n) is 27.3. The lowest BCUT2D eigenvalue weighted by molar-refractivity contribution is 0.538. The molecule has 2 aromatic heterocycles. The summed E-state index contributed by atoms with van der Waals surface area (Å²) >= 11 is 2.37. The van der Waals surface area contributed by atoms with Crippen molar-refractivity contribution < 1.29 is 4.42 Å². The van der Waals surface area contributed by atoms with Gasteiger partial charge < -0.3 is 8.98 Å². The lowest BCUT2D eigenvalue weighted by atomic mass is 9.98. The van der Waals surface area contributed by atoms with Crippen LogP contribution in [-0.2, 0) is 0 Å². The Morgan fingerprint density at radius 3 is 2.08 bits per heavy atom. The molecule has 7 aromatic carbocycles. The average molecular weight is 769 g/mol. The van der Waals surface area contributed by atoms with Crippen molar-refractivity contribution >= 4 is 78.3 Å². The van der Waals surface area contributed by atoms with E-state index in [0.717, 1.165) is 78.1 Å². The molecule has 1 aliphatic heterocycles. The summed E-state index contributed by atoms with van der Waals surface area (Å²) in [4.78, 5) is 10.3. The van der Waals surface area contributed by atoms with Gasteiger partial charge in [0.15, 0.2) is 12.0 Å². The Hall–Kier alpha value is -5.99. The van der Waals surface area contributed by atoms with Gasteiger partial charge in [-0.3, -0.25) is 3.11 Å². The zero-order chi connectivity index (χ0) is 33.9. The third-order valence-corrected chi connectivity index (χ3v) is 10.7.